The summed E-state index contributed by atoms with van der Waals surface area (Å²) < 4.78 is 5.09. The van der Waals surface area contributed by atoms with Crippen LogP contribution in [-0.2, 0) is 19.1 Å². The van der Waals surface area contributed by atoms with Crippen molar-refractivity contribution in [1.82, 2.24) is 15.1 Å². The van der Waals surface area contributed by atoms with E-state index in [1.165, 1.54) is 0 Å². The quantitative estimate of drug-likeness (QED) is 0.453. The van der Waals surface area contributed by atoms with E-state index in [-0.39, 0.29) is 35.8 Å². The minimum Gasteiger partial charge on any atom is -0.463 e. The summed E-state index contributed by atoms with van der Waals surface area (Å²) in [6.07, 6.45) is 3.66. The summed E-state index contributed by atoms with van der Waals surface area (Å²) in [6.45, 7) is 16.7. The molecule has 1 rings (SSSR count). The van der Waals surface area contributed by atoms with Gasteiger partial charge in [-0.05, 0) is 57.5 Å². The molecule has 0 aromatic carbocycles. The van der Waals surface area contributed by atoms with E-state index < -0.39 is 11.5 Å². The van der Waals surface area contributed by atoms with E-state index in [1.807, 2.05) is 41.7 Å². The second-order valence-corrected chi connectivity index (χ2v) is 10.7. The zero-order valence-corrected chi connectivity index (χ0v) is 21.8. The number of ether oxygens (including phenoxy) is 1. The Balaban J connectivity index is 3.12. The highest BCUT2D eigenvalue weighted by atomic mass is 16.5. The fourth-order valence-electron chi connectivity index (χ4n) is 4.12. The van der Waals surface area contributed by atoms with Crippen LogP contribution >= 0.6 is 0 Å². The van der Waals surface area contributed by atoms with Crippen LogP contribution in [0.3, 0.4) is 0 Å². The Morgan fingerprint density at radius 1 is 1.25 bits per heavy atom. The SMILES string of the molecule is CCOC(=O)/C(C)=C/[C@H](C(C)C)N(C)C(=O)[C@@H](NC(=O)[C@H]1C[C@@H](C)CCN1C)C(C)(C)C. The van der Waals surface area contributed by atoms with Crippen LogP contribution in [0.5, 0.6) is 0 Å². The Bertz CT molecular complexity index is 696. The minimum absolute atomic E-state index is 0.0787. The zero-order valence-electron chi connectivity index (χ0n) is 21.8. The second-order valence-electron chi connectivity index (χ2n) is 10.7. The van der Waals surface area contributed by atoms with Gasteiger partial charge in [0, 0.05) is 12.6 Å². The largest absolute Gasteiger partial charge is 0.463 e. The minimum atomic E-state index is -0.678. The van der Waals surface area contributed by atoms with Gasteiger partial charge in [-0.15, -0.1) is 0 Å². The standard InChI is InChI=1S/C25H45N3O4/c1-11-32-24(31)18(5)15-19(16(2)3)28(10)23(30)21(25(6,7)8)26-22(29)20-14-17(4)12-13-27(20)9/h15-17,19-21H,11-14H2,1-10H3,(H,26,29)/b18-15+/t17-,19+,20+,21+/m0/s1. The highest BCUT2D eigenvalue weighted by molar-refractivity contribution is 5.91. The predicted octanol–water partition coefficient (Wildman–Crippen LogP) is 3.24. The number of likely N-dealkylation sites (N-methyl/N-ethyl adjacent to an activating group) is 2. The summed E-state index contributed by atoms with van der Waals surface area (Å²) >= 11 is 0. The molecule has 0 bridgehead atoms. The predicted molar refractivity (Wildman–Crippen MR) is 128 cm³/mol. The summed E-state index contributed by atoms with van der Waals surface area (Å²) in [5.41, 5.74) is 0.000687. The Labute approximate surface area is 194 Å². The van der Waals surface area contributed by atoms with Crippen molar-refractivity contribution in [3.05, 3.63) is 11.6 Å². The highest BCUT2D eigenvalue weighted by Gasteiger charge is 2.39. The van der Waals surface area contributed by atoms with E-state index in [4.69, 9.17) is 4.74 Å². The van der Waals surface area contributed by atoms with Gasteiger partial charge in [0.05, 0.1) is 18.7 Å². The lowest BCUT2D eigenvalue weighted by molar-refractivity contribution is -0.142. The second kappa shape index (κ2) is 11.8. The maximum atomic E-state index is 13.6. The topological polar surface area (TPSA) is 79.0 Å². The molecule has 1 aliphatic rings. The summed E-state index contributed by atoms with van der Waals surface area (Å²) in [5, 5.41) is 3.06. The van der Waals surface area contributed by atoms with Crippen molar-refractivity contribution in [2.24, 2.45) is 17.3 Å². The van der Waals surface area contributed by atoms with Crippen molar-refractivity contribution in [3.63, 3.8) is 0 Å². The van der Waals surface area contributed by atoms with Gasteiger partial charge in [0.1, 0.15) is 6.04 Å². The average molecular weight is 452 g/mol. The summed E-state index contributed by atoms with van der Waals surface area (Å²) in [4.78, 5) is 42.6. The molecular weight excluding hydrogens is 406 g/mol. The average Bonchev–Trinajstić information content (AvgIpc) is 2.69. The lowest BCUT2D eigenvalue weighted by atomic mass is 9.84. The van der Waals surface area contributed by atoms with Gasteiger partial charge in [-0.25, -0.2) is 4.79 Å². The van der Waals surface area contributed by atoms with Gasteiger partial charge in [-0.3, -0.25) is 14.5 Å². The number of esters is 1. The molecule has 7 heteroatoms. The molecule has 0 saturated carbocycles. The van der Waals surface area contributed by atoms with Crippen LogP contribution in [-0.4, -0.2) is 73.0 Å². The zero-order chi connectivity index (χ0) is 24.8. The molecule has 0 radical (unpaired) electrons. The van der Waals surface area contributed by atoms with E-state index in [2.05, 4.69) is 17.1 Å². The number of likely N-dealkylation sites (tertiary alicyclic amines) is 1. The van der Waals surface area contributed by atoms with Crippen molar-refractivity contribution in [2.45, 2.75) is 86.4 Å². The van der Waals surface area contributed by atoms with E-state index in [0.717, 1.165) is 19.4 Å². The maximum Gasteiger partial charge on any atom is 0.333 e. The van der Waals surface area contributed by atoms with Crippen LogP contribution in [0.15, 0.2) is 11.6 Å². The first-order valence-electron chi connectivity index (χ1n) is 11.8. The normalized spacial score (nSPS) is 22.3. The van der Waals surface area contributed by atoms with Gasteiger partial charge in [0.15, 0.2) is 0 Å². The van der Waals surface area contributed by atoms with E-state index in [0.29, 0.717) is 18.1 Å². The first-order valence-corrected chi connectivity index (χ1v) is 11.8. The number of carbonyl (C=O) groups excluding carboxylic acids is 3. The van der Waals surface area contributed by atoms with Crippen molar-refractivity contribution >= 4 is 17.8 Å². The van der Waals surface area contributed by atoms with Gasteiger partial charge in [0.25, 0.3) is 0 Å². The Hall–Kier alpha value is -1.89. The molecule has 0 spiro atoms. The van der Waals surface area contributed by atoms with Crippen LogP contribution < -0.4 is 5.32 Å². The lowest BCUT2D eigenvalue weighted by Crippen LogP contribution is -2.60. The van der Waals surface area contributed by atoms with E-state index >= 15 is 0 Å². The third-order valence-corrected chi connectivity index (χ3v) is 6.33. The first kappa shape index (κ1) is 28.1. The Morgan fingerprint density at radius 3 is 2.34 bits per heavy atom. The van der Waals surface area contributed by atoms with Crippen LogP contribution in [0.25, 0.3) is 0 Å². The van der Waals surface area contributed by atoms with Crippen LogP contribution in [0.4, 0.5) is 0 Å². The molecule has 1 saturated heterocycles. The molecule has 1 heterocycles. The molecule has 0 unspecified atom stereocenters. The van der Waals surface area contributed by atoms with Crippen molar-refractivity contribution in [3.8, 4) is 0 Å². The Morgan fingerprint density at radius 2 is 1.84 bits per heavy atom. The highest BCUT2D eigenvalue weighted by Crippen LogP contribution is 2.26. The monoisotopic (exact) mass is 451 g/mol. The van der Waals surface area contributed by atoms with Gasteiger partial charge >= 0.3 is 5.97 Å². The third kappa shape index (κ3) is 7.61. The number of amides is 2. The van der Waals surface area contributed by atoms with Crippen LogP contribution in [0.1, 0.15) is 68.2 Å². The molecular formula is C25H45N3O4. The first-order chi connectivity index (χ1) is 14.7. The van der Waals surface area contributed by atoms with Crippen LogP contribution in [0, 0.1) is 17.3 Å². The molecule has 184 valence electrons. The summed E-state index contributed by atoms with van der Waals surface area (Å²) in [6, 6.07) is -1.21. The molecule has 1 aliphatic heterocycles. The van der Waals surface area contributed by atoms with E-state index in [1.54, 1.807) is 31.9 Å². The molecule has 0 aromatic heterocycles. The molecule has 0 aliphatic carbocycles. The number of piperidine rings is 1. The number of hydrogen-bond donors (Lipinski definition) is 1. The number of hydrogen-bond acceptors (Lipinski definition) is 5. The van der Waals surface area contributed by atoms with Gasteiger partial charge in [-0.1, -0.05) is 47.6 Å². The van der Waals surface area contributed by atoms with Crippen LogP contribution in [0.2, 0.25) is 0 Å². The van der Waals surface area contributed by atoms with Crippen molar-refractivity contribution in [1.29, 1.82) is 0 Å². The van der Waals surface area contributed by atoms with Crippen molar-refractivity contribution in [2.75, 3.05) is 27.2 Å². The van der Waals surface area contributed by atoms with Crippen molar-refractivity contribution < 1.29 is 19.1 Å². The Kier molecular flexibility index (Phi) is 10.4. The lowest BCUT2D eigenvalue weighted by Gasteiger charge is -2.40. The molecule has 32 heavy (non-hydrogen) atoms. The summed E-state index contributed by atoms with van der Waals surface area (Å²) in [5.74, 6) is -0.0807. The van der Waals surface area contributed by atoms with E-state index in [9.17, 15) is 14.4 Å². The summed E-state index contributed by atoms with van der Waals surface area (Å²) in [7, 11) is 3.70. The number of nitrogens with zero attached hydrogens (tertiary/aromatic N) is 2. The smallest absolute Gasteiger partial charge is 0.333 e. The molecule has 2 amide bonds. The molecule has 7 nitrogen and oxygen atoms in total. The number of rotatable bonds is 8. The number of carbonyl (C=O) groups is 3. The molecule has 1 fully saturated rings. The fraction of sp³-hybridized carbons (Fsp3) is 0.800. The third-order valence-electron chi connectivity index (χ3n) is 6.33. The maximum absolute atomic E-state index is 13.6. The van der Waals surface area contributed by atoms with Gasteiger partial charge in [0.2, 0.25) is 11.8 Å². The molecule has 0 aromatic rings. The van der Waals surface area contributed by atoms with Gasteiger partial charge in [-0.2, -0.15) is 0 Å². The fourth-order valence-corrected chi connectivity index (χ4v) is 4.12. The molecule has 1 N–H and O–H groups in total. The number of nitrogens with one attached hydrogen (secondary N) is 1. The molecule has 4 atom stereocenters. The van der Waals surface area contributed by atoms with Gasteiger partial charge < -0.3 is 15.0 Å².